The van der Waals surface area contributed by atoms with Crippen LogP contribution in [0.5, 0.6) is 0 Å². The second kappa shape index (κ2) is 2.84. The molecule has 14 heavy (non-hydrogen) atoms. The third-order valence-corrected chi connectivity index (χ3v) is 3.43. The van der Waals surface area contributed by atoms with E-state index in [0.717, 1.165) is 5.92 Å². The molecular weight excluding hydrogens is 168 g/mol. The van der Waals surface area contributed by atoms with Crippen LogP contribution in [0.2, 0.25) is 0 Å². The third-order valence-electron chi connectivity index (χ3n) is 3.43. The van der Waals surface area contributed by atoms with Crippen LogP contribution in [-0.2, 0) is 6.42 Å². The first-order valence-corrected chi connectivity index (χ1v) is 5.40. The minimum atomic E-state index is 0.816. The van der Waals surface area contributed by atoms with Gasteiger partial charge in [-0.25, -0.2) is 0 Å². The molecule has 2 aromatic rings. The van der Waals surface area contributed by atoms with Crippen LogP contribution in [-0.4, -0.2) is 0 Å². The smallest absolute Gasteiger partial charge is 0.0115 e. The molecule has 0 aromatic heterocycles. The maximum atomic E-state index is 2.30. The van der Waals surface area contributed by atoms with Gasteiger partial charge in [-0.3, -0.25) is 0 Å². The molecule has 1 unspecified atom stereocenters. The maximum Gasteiger partial charge on any atom is -0.0115 e. The van der Waals surface area contributed by atoms with Crippen molar-refractivity contribution in [3.8, 4) is 0 Å². The normalized spacial score (nSPS) is 19.1. The second-order valence-electron chi connectivity index (χ2n) is 4.17. The summed E-state index contributed by atoms with van der Waals surface area (Å²) in [4.78, 5) is 0. The Morgan fingerprint density at radius 3 is 2.86 bits per heavy atom. The number of hydrogen-bond acceptors (Lipinski definition) is 0. The minimum Gasteiger partial charge on any atom is -0.0648 e. The topological polar surface area (TPSA) is 0 Å². The lowest BCUT2D eigenvalue weighted by Gasteiger charge is -2.31. The highest BCUT2D eigenvalue weighted by Gasteiger charge is 2.25. The van der Waals surface area contributed by atoms with Gasteiger partial charge in [-0.2, -0.15) is 0 Å². The average molecular weight is 182 g/mol. The lowest BCUT2D eigenvalue weighted by atomic mass is 9.74. The Hall–Kier alpha value is -1.30. The van der Waals surface area contributed by atoms with E-state index in [-0.39, 0.29) is 0 Å². The van der Waals surface area contributed by atoms with Gasteiger partial charge in [-0.05, 0) is 40.7 Å². The van der Waals surface area contributed by atoms with E-state index in [2.05, 4.69) is 43.3 Å². The largest absolute Gasteiger partial charge is 0.0648 e. The van der Waals surface area contributed by atoms with E-state index in [1.54, 1.807) is 11.1 Å². The van der Waals surface area contributed by atoms with Crippen molar-refractivity contribution in [3.05, 3.63) is 47.5 Å². The van der Waals surface area contributed by atoms with Crippen molar-refractivity contribution >= 4 is 10.8 Å². The standard InChI is InChI=1S/C14H14/c1-2-10-9-12-8-7-11-5-3-4-6-13(11)14(10)12/h3-8,10H,2,9H2,1H3. The molecule has 0 amide bonds. The summed E-state index contributed by atoms with van der Waals surface area (Å²) in [6.45, 7) is 2.29. The van der Waals surface area contributed by atoms with Crippen LogP contribution < -0.4 is 0 Å². The number of fused-ring (bicyclic) bond motifs is 3. The molecular formula is C14H14. The molecule has 0 nitrogen and oxygen atoms in total. The van der Waals surface area contributed by atoms with E-state index in [0.29, 0.717) is 0 Å². The van der Waals surface area contributed by atoms with Gasteiger partial charge in [0, 0.05) is 0 Å². The summed E-state index contributed by atoms with van der Waals surface area (Å²) >= 11 is 0. The molecule has 0 spiro atoms. The van der Waals surface area contributed by atoms with E-state index in [4.69, 9.17) is 0 Å². The zero-order valence-corrected chi connectivity index (χ0v) is 8.46. The van der Waals surface area contributed by atoms with Gasteiger partial charge in [0.25, 0.3) is 0 Å². The Labute approximate surface area is 84.6 Å². The monoisotopic (exact) mass is 182 g/mol. The Balaban J connectivity index is 2.31. The minimum absolute atomic E-state index is 0.816. The molecule has 0 N–H and O–H groups in total. The second-order valence-corrected chi connectivity index (χ2v) is 4.17. The molecule has 0 heterocycles. The van der Waals surface area contributed by atoms with Crippen LogP contribution in [0, 0.1) is 0 Å². The Morgan fingerprint density at radius 1 is 1.14 bits per heavy atom. The van der Waals surface area contributed by atoms with Crippen LogP contribution in [0.3, 0.4) is 0 Å². The highest BCUT2D eigenvalue weighted by molar-refractivity contribution is 5.88. The summed E-state index contributed by atoms with van der Waals surface area (Å²) < 4.78 is 0. The number of rotatable bonds is 1. The van der Waals surface area contributed by atoms with Crippen molar-refractivity contribution in [2.75, 3.05) is 0 Å². The molecule has 0 saturated carbocycles. The van der Waals surface area contributed by atoms with E-state index >= 15 is 0 Å². The predicted molar refractivity (Wildman–Crippen MR) is 60.7 cm³/mol. The fraction of sp³-hybridized carbons (Fsp3) is 0.286. The van der Waals surface area contributed by atoms with Crippen LogP contribution >= 0.6 is 0 Å². The fourth-order valence-electron chi connectivity index (χ4n) is 2.59. The van der Waals surface area contributed by atoms with Crippen molar-refractivity contribution in [1.29, 1.82) is 0 Å². The summed E-state index contributed by atoms with van der Waals surface area (Å²) in [6, 6.07) is 13.3. The van der Waals surface area contributed by atoms with Gasteiger partial charge in [-0.1, -0.05) is 43.3 Å². The van der Waals surface area contributed by atoms with Gasteiger partial charge in [0.05, 0.1) is 0 Å². The Bertz CT molecular complexity index is 482. The highest BCUT2D eigenvalue weighted by Crippen LogP contribution is 2.41. The third kappa shape index (κ3) is 0.942. The molecule has 0 saturated heterocycles. The summed E-state index contributed by atoms with van der Waals surface area (Å²) in [7, 11) is 0. The molecule has 0 aliphatic heterocycles. The fourth-order valence-corrected chi connectivity index (χ4v) is 2.59. The van der Waals surface area contributed by atoms with Crippen molar-refractivity contribution in [1.82, 2.24) is 0 Å². The van der Waals surface area contributed by atoms with Crippen LogP contribution in [0.25, 0.3) is 10.8 Å². The van der Waals surface area contributed by atoms with Crippen molar-refractivity contribution < 1.29 is 0 Å². The molecule has 0 radical (unpaired) electrons. The molecule has 1 atom stereocenters. The highest BCUT2D eigenvalue weighted by atomic mass is 14.3. The number of hydrogen-bond donors (Lipinski definition) is 0. The number of benzene rings is 2. The quantitative estimate of drug-likeness (QED) is 0.627. The summed E-state index contributed by atoms with van der Waals surface area (Å²) in [5.74, 6) is 0.816. The molecule has 0 bridgehead atoms. The van der Waals surface area contributed by atoms with Gasteiger partial charge in [-0.15, -0.1) is 0 Å². The molecule has 3 rings (SSSR count). The van der Waals surface area contributed by atoms with Gasteiger partial charge in [0.15, 0.2) is 0 Å². The molecule has 0 heteroatoms. The van der Waals surface area contributed by atoms with Crippen molar-refractivity contribution in [2.24, 2.45) is 0 Å². The van der Waals surface area contributed by atoms with E-state index in [1.807, 2.05) is 0 Å². The summed E-state index contributed by atoms with van der Waals surface area (Å²) in [5, 5.41) is 2.87. The first kappa shape index (κ1) is 8.05. The van der Waals surface area contributed by atoms with Crippen molar-refractivity contribution in [3.63, 3.8) is 0 Å². The van der Waals surface area contributed by atoms with Gasteiger partial charge in [0.1, 0.15) is 0 Å². The zero-order chi connectivity index (χ0) is 9.54. The molecule has 1 aliphatic rings. The molecule has 2 aromatic carbocycles. The van der Waals surface area contributed by atoms with Crippen molar-refractivity contribution in [2.45, 2.75) is 25.7 Å². The summed E-state index contributed by atoms with van der Waals surface area (Å²) in [6.07, 6.45) is 2.57. The van der Waals surface area contributed by atoms with Crippen LogP contribution in [0.4, 0.5) is 0 Å². The lowest BCUT2D eigenvalue weighted by Crippen LogP contribution is -2.16. The molecule has 70 valence electrons. The molecule has 1 aliphatic carbocycles. The Morgan fingerprint density at radius 2 is 2.00 bits per heavy atom. The SMILES string of the molecule is CCC1Cc2ccc3ccccc3c21. The van der Waals surface area contributed by atoms with E-state index in [1.165, 1.54) is 23.6 Å². The van der Waals surface area contributed by atoms with Crippen LogP contribution in [0.15, 0.2) is 36.4 Å². The predicted octanol–water partition coefficient (Wildman–Crippen LogP) is 3.89. The lowest BCUT2D eigenvalue weighted by molar-refractivity contribution is 0.595. The first-order valence-electron chi connectivity index (χ1n) is 5.40. The molecule has 0 fully saturated rings. The summed E-state index contributed by atoms with van der Waals surface area (Å²) in [5.41, 5.74) is 3.18. The van der Waals surface area contributed by atoms with Crippen LogP contribution in [0.1, 0.15) is 30.4 Å². The Kier molecular flexibility index (Phi) is 1.63. The maximum absolute atomic E-state index is 2.30. The first-order chi connectivity index (χ1) is 6.90. The van der Waals surface area contributed by atoms with E-state index in [9.17, 15) is 0 Å². The van der Waals surface area contributed by atoms with Gasteiger partial charge in [0.2, 0.25) is 0 Å². The zero-order valence-electron chi connectivity index (χ0n) is 8.46. The van der Waals surface area contributed by atoms with E-state index < -0.39 is 0 Å². The van der Waals surface area contributed by atoms with Gasteiger partial charge < -0.3 is 0 Å². The van der Waals surface area contributed by atoms with Gasteiger partial charge >= 0.3 is 0 Å². The average Bonchev–Trinajstić information content (AvgIpc) is 2.18.